The summed E-state index contributed by atoms with van der Waals surface area (Å²) in [7, 11) is 0. The first-order chi connectivity index (χ1) is 5.54. The van der Waals surface area contributed by atoms with E-state index < -0.39 is 0 Å². The minimum absolute atomic E-state index is 0.258. The molecule has 0 aromatic heterocycles. The Balaban J connectivity index is 2.65. The number of hydrogen-bond donors (Lipinski definition) is 1. The lowest BCUT2D eigenvalue weighted by atomic mass is 9.73. The van der Waals surface area contributed by atoms with Crippen molar-refractivity contribution in [3.05, 3.63) is 12.2 Å². The lowest BCUT2D eigenvalue weighted by Crippen LogP contribution is -2.32. The van der Waals surface area contributed by atoms with Crippen molar-refractivity contribution in [3.8, 4) is 0 Å². The minimum Gasteiger partial charge on any atom is -0.388 e. The van der Waals surface area contributed by atoms with Crippen LogP contribution in [0.25, 0.3) is 0 Å². The van der Waals surface area contributed by atoms with Crippen LogP contribution in [0.4, 0.5) is 0 Å². The molecule has 3 unspecified atom stereocenters. The topological polar surface area (TPSA) is 20.2 Å². The summed E-state index contributed by atoms with van der Waals surface area (Å²) >= 11 is 0. The Labute approximate surface area is 75.5 Å². The molecule has 1 fully saturated rings. The van der Waals surface area contributed by atoms with Crippen LogP contribution < -0.4 is 0 Å². The molecule has 1 nitrogen and oxygen atoms in total. The van der Waals surface area contributed by atoms with Gasteiger partial charge in [-0.2, -0.15) is 0 Å². The number of aliphatic hydroxyl groups excluding tert-OH is 1. The largest absolute Gasteiger partial charge is 0.388 e. The van der Waals surface area contributed by atoms with Gasteiger partial charge in [-0.25, -0.2) is 0 Å². The molecule has 70 valence electrons. The summed E-state index contributed by atoms with van der Waals surface area (Å²) < 4.78 is 0. The van der Waals surface area contributed by atoms with Crippen LogP contribution in [-0.4, -0.2) is 11.2 Å². The van der Waals surface area contributed by atoms with Gasteiger partial charge in [0.15, 0.2) is 0 Å². The Hall–Kier alpha value is -0.300. The van der Waals surface area contributed by atoms with Gasteiger partial charge in [0.05, 0.1) is 6.10 Å². The second kappa shape index (κ2) is 3.61. The highest BCUT2D eigenvalue weighted by molar-refractivity contribution is 5.12. The van der Waals surface area contributed by atoms with E-state index >= 15 is 0 Å². The first-order valence-corrected chi connectivity index (χ1v) is 4.90. The molecule has 0 radical (unpaired) electrons. The van der Waals surface area contributed by atoms with E-state index in [1.807, 2.05) is 0 Å². The van der Waals surface area contributed by atoms with E-state index in [9.17, 15) is 5.11 Å². The predicted molar refractivity (Wildman–Crippen MR) is 51.9 cm³/mol. The summed E-state index contributed by atoms with van der Waals surface area (Å²) in [6.07, 6.45) is 2.09. The van der Waals surface area contributed by atoms with E-state index in [1.54, 1.807) is 0 Å². The average Bonchev–Trinajstić information content (AvgIpc) is 2.00. The van der Waals surface area contributed by atoms with Gasteiger partial charge in [0.2, 0.25) is 0 Å². The highest BCUT2D eigenvalue weighted by Gasteiger charge is 2.30. The Bertz CT molecular complexity index is 172. The molecule has 1 aliphatic rings. The van der Waals surface area contributed by atoms with Gasteiger partial charge in [0.25, 0.3) is 0 Å². The van der Waals surface area contributed by atoms with E-state index in [2.05, 4.69) is 27.4 Å². The van der Waals surface area contributed by atoms with E-state index in [-0.39, 0.29) is 6.10 Å². The van der Waals surface area contributed by atoms with Gasteiger partial charge in [0, 0.05) is 0 Å². The molecule has 3 atom stereocenters. The Kier molecular flexibility index (Phi) is 2.94. The first-order valence-electron chi connectivity index (χ1n) is 4.90. The predicted octanol–water partition coefficient (Wildman–Crippen LogP) is 2.61. The molecule has 1 rings (SSSR count). The Morgan fingerprint density at radius 1 is 1.42 bits per heavy atom. The van der Waals surface area contributed by atoms with Gasteiger partial charge in [-0.1, -0.05) is 27.4 Å². The molecule has 1 N–H and O–H groups in total. The fourth-order valence-corrected chi connectivity index (χ4v) is 2.13. The van der Waals surface area contributed by atoms with Gasteiger partial charge in [-0.15, -0.1) is 0 Å². The van der Waals surface area contributed by atoms with E-state index in [4.69, 9.17) is 0 Å². The fraction of sp³-hybridized carbons (Fsp3) is 0.818. The molecule has 0 heterocycles. The zero-order chi connectivity index (χ0) is 9.30. The van der Waals surface area contributed by atoms with Crippen LogP contribution in [0.5, 0.6) is 0 Å². The van der Waals surface area contributed by atoms with Crippen molar-refractivity contribution in [3.63, 3.8) is 0 Å². The van der Waals surface area contributed by atoms with Gasteiger partial charge < -0.3 is 5.11 Å². The monoisotopic (exact) mass is 168 g/mol. The Morgan fingerprint density at radius 3 is 2.50 bits per heavy atom. The molecule has 1 aliphatic carbocycles. The molecule has 0 saturated heterocycles. The van der Waals surface area contributed by atoms with Gasteiger partial charge in [0.1, 0.15) is 0 Å². The quantitative estimate of drug-likeness (QED) is 0.597. The first kappa shape index (κ1) is 9.79. The summed E-state index contributed by atoms with van der Waals surface area (Å²) in [5.41, 5.74) is 1.06. The fourth-order valence-electron chi connectivity index (χ4n) is 2.13. The molecular formula is C11H20O. The average molecular weight is 168 g/mol. The molecule has 0 aliphatic heterocycles. The van der Waals surface area contributed by atoms with Gasteiger partial charge in [-0.05, 0) is 36.2 Å². The molecule has 0 aromatic rings. The third kappa shape index (κ3) is 1.71. The van der Waals surface area contributed by atoms with E-state index in [1.165, 1.54) is 6.42 Å². The molecular weight excluding hydrogens is 148 g/mol. The summed E-state index contributed by atoms with van der Waals surface area (Å²) in [5.74, 6) is 1.57. The summed E-state index contributed by atoms with van der Waals surface area (Å²) in [4.78, 5) is 0. The molecule has 1 saturated carbocycles. The molecule has 0 bridgehead atoms. The normalized spacial score (nSPS) is 37.4. The second-order valence-electron chi connectivity index (χ2n) is 4.42. The summed E-state index contributed by atoms with van der Waals surface area (Å²) in [5, 5.41) is 9.77. The van der Waals surface area contributed by atoms with Crippen molar-refractivity contribution in [2.75, 3.05) is 0 Å². The van der Waals surface area contributed by atoms with Crippen molar-refractivity contribution in [1.82, 2.24) is 0 Å². The number of aliphatic hydroxyl groups is 1. The van der Waals surface area contributed by atoms with E-state index in [0.717, 1.165) is 12.0 Å². The number of hydrogen-bond acceptors (Lipinski definition) is 1. The lowest BCUT2D eigenvalue weighted by molar-refractivity contribution is 0.0980. The zero-order valence-electron chi connectivity index (χ0n) is 8.38. The van der Waals surface area contributed by atoms with Crippen LogP contribution in [0.2, 0.25) is 0 Å². The SMILES string of the molecule is C=C1C(O)C(C)CCC1C(C)C. The van der Waals surface area contributed by atoms with Crippen LogP contribution in [0.15, 0.2) is 12.2 Å². The maximum Gasteiger partial charge on any atom is 0.0775 e. The van der Waals surface area contributed by atoms with Crippen LogP contribution in [0.1, 0.15) is 33.6 Å². The highest BCUT2D eigenvalue weighted by atomic mass is 16.3. The smallest absolute Gasteiger partial charge is 0.0775 e. The van der Waals surface area contributed by atoms with Crippen molar-refractivity contribution < 1.29 is 5.11 Å². The van der Waals surface area contributed by atoms with Gasteiger partial charge >= 0.3 is 0 Å². The zero-order valence-corrected chi connectivity index (χ0v) is 8.38. The van der Waals surface area contributed by atoms with Crippen molar-refractivity contribution >= 4 is 0 Å². The summed E-state index contributed by atoms with van der Waals surface area (Å²) in [6, 6.07) is 0. The Morgan fingerprint density at radius 2 is 2.00 bits per heavy atom. The molecule has 0 spiro atoms. The highest BCUT2D eigenvalue weighted by Crippen LogP contribution is 2.36. The standard InChI is InChI=1S/C11H20O/c1-7(2)10-6-5-8(3)11(12)9(10)4/h7-8,10-12H,4-6H2,1-3H3. The minimum atomic E-state index is -0.258. The van der Waals surface area contributed by atoms with Crippen LogP contribution >= 0.6 is 0 Å². The molecule has 1 heteroatoms. The van der Waals surface area contributed by atoms with Crippen molar-refractivity contribution in [1.29, 1.82) is 0 Å². The molecule has 0 aromatic carbocycles. The van der Waals surface area contributed by atoms with Crippen LogP contribution in [-0.2, 0) is 0 Å². The van der Waals surface area contributed by atoms with Gasteiger partial charge in [-0.3, -0.25) is 0 Å². The second-order valence-corrected chi connectivity index (χ2v) is 4.42. The van der Waals surface area contributed by atoms with E-state index in [0.29, 0.717) is 17.8 Å². The lowest BCUT2D eigenvalue weighted by Gasteiger charge is -2.35. The van der Waals surface area contributed by atoms with Crippen LogP contribution in [0.3, 0.4) is 0 Å². The third-order valence-electron chi connectivity index (χ3n) is 3.13. The summed E-state index contributed by atoms with van der Waals surface area (Å²) in [6.45, 7) is 10.5. The molecule has 0 amide bonds. The van der Waals surface area contributed by atoms with Crippen molar-refractivity contribution in [2.24, 2.45) is 17.8 Å². The number of rotatable bonds is 1. The van der Waals surface area contributed by atoms with Crippen LogP contribution in [0, 0.1) is 17.8 Å². The maximum absolute atomic E-state index is 9.77. The third-order valence-corrected chi connectivity index (χ3v) is 3.13. The molecule has 12 heavy (non-hydrogen) atoms. The van der Waals surface area contributed by atoms with Crippen molar-refractivity contribution in [2.45, 2.75) is 39.7 Å². The maximum atomic E-state index is 9.77.